The third-order valence-corrected chi connectivity index (χ3v) is 3.96. The average molecular weight is 340 g/mol. The summed E-state index contributed by atoms with van der Waals surface area (Å²) in [5.74, 6) is -1.43. The summed E-state index contributed by atoms with van der Waals surface area (Å²) in [5, 5.41) is 10.9. The SMILES string of the molecule is NC(=O)CN1C(=O)[C@@](O)(CC(=O)/C=C\c2ccco2)c2ccccc21. The minimum Gasteiger partial charge on any atom is -0.465 e. The van der Waals surface area contributed by atoms with Crippen molar-refractivity contribution >= 4 is 29.4 Å². The molecule has 0 unspecified atom stereocenters. The second-order valence-electron chi connectivity index (χ2n) is 5.73. The molecule has 0 saturated heterocycles. The van der Waals surface area contributed by atoms with Crippen LogP contribution in [0.25, 0.3) is 6.08 Å². The van der Waals surface area contributed by atoms with Crippen molar-refractivity contribution < 1.29 is 23.9 Å². The lowest BCUT2D eigenvalue weighted by Crippen LogP contribution is -2.44. The van der Waals surface area contributed by atoms with Crippen LogP contribution < -0.4 is 10.6 Å². The Morgan fingerprint density at radius 1 is 1.24 bits per heavy atom. The van der Waals surface area contributed by atoms with Crippen molar-refractivity contribution in [2.45, 2.75) is 12.0 Å². The third kappa shape index (κ3) is 3.09. The number of carbonyl (C=O) groups excluding carboxylic acids is 3. The maximum Gasteiger partial charge on any atom is 0.264 e. The lowest BCUT2D eigenvalue weighted by atomic mass is 9.90. The molecule has 25 heavy (non-hydrogen) atoms. The first-order chi connectivity index (χ1) is 11.9. The number of amides is 2. The number of fused-ring (bicyclic) bond motifs is 1. The smallest absolute Gasteiger partial charge is 0.264 e. The molecule has 1 aromatic carbocycles. The topological polar surface area (TPSA) is 114 Å². The van der Waals surface area contributed by atoms with E-state index < -0.39 is 29.6 Å². The molecule has 128 valence electrons. The summed E-state index contributed by atoms with van der Waals surface area (Å²) in [6.45, 7) is -0.366. The van der Waals surface area contributed by atoms with E-state index in [-0.39, 0.29) is 12.1 Å². The van der Waals surface area contributed by atoms with Crippen LogP contribution >= 0.6 is 0 Å². The first-order valence-electron chi connectivity index (χ1n) is 7.58. The van der Waals surface area contributed by atoms with Crippen molar-refractivity contribution in [1.29, 1.82) is 0 Å². The molecule has 7 nitrogen and oxygen atoms in total. The number of rotatable bonds is 6. The zero-order valence-corrected chi connectivity index (χ0v) is 13.2. The second-order valence-corrected chi connectivity index (χ2v) is 5.73. The number of nitrogens with zero attached hydrogens (tertiary/aromatic N) is 1. The molecule has 0 bridgehead atoms. The van der Waals surface area contributed by atoms with Crippen LogP contribution in [-0.4, -0.2) is 29.2 Å². The van der Waals surface area contributed by atoms with E-state index in [0.29, 0.717) is 11.4 Å². The highest BCUT2D eigenvalue weighted by Crippen LogP contribution is 2.42. The number of furan rings is 1. The van der Waals surface area contributed by atoms with Crippen molar-refractivity contribution in [2.75, 3.05) is 11.4 Å². The van der Waals surface area contributed by atoms with Gasteiger partial charge in [-0.15, -0.1) is 0 Å². The number of hydrogen-bond acceptors (Lipinski definition) is 5. The molecule has 2 aromatic rings. The highest BCUT2D eigenvalue weighted by molar-refractivity contribution is 6.12. The highest BCUT2D eigenvalue weighted by atomic mass is 16.3. The Hall–Kier alpha value is -3.19. The molecule has 7 heteroatoms. The van der Waals surface area contributed by atoms with Gasteiger partial charge in [0.1, 0.15) is 12.3 Å². The summed E-state index contributed by atoms with van der Waals surface area (Å²) < 4.78 is 5.09. The minimum atomic E-state index is -2.03. The standard InChI is InChI=1S/C18H16N2O5/c19-16(22)11-20-15-6-2-1-5-14(15)18(24,17(20)23)10-12(21)7-8-13-4-3-9-25-13/h1-9,24H,10-11H2,(H2,19,22)/b8-7-/t18-/m1/s1. The van der Waals surface area contributed by atoms with Crippen molar-refractivity contribution in [1.82, 2.24) is 0 Å². The van der Waals surface area contributed by atoms with E-state index in [0.717, 1.165) is 4.90 Å². The number of nitrogens with two attached hydrogens (primary N) is 1. The molecule has 0 spiro atoms. The molecule has 1 aliphatic heterocycles. The van der Waals surface area contributed by atoms with Gasteiger partial charge in [0.15, 0.2) is 11.4 Å². The van der Waals surface area contributed by atoms with E-state index in [1.807, 2.05) is 0 Å². The molecule has 1 aliphatic rings. The van der Waals surface area contributed by atoms with Gasteiger partial charge in [0, 0.05) is 5.56 Å². The summed E-state index contributed by atoms with van der Waals surface area (Å²) in [6, 6.07) is 9.81. The van der Waals surface area contributed by atoms with Gasteiger partial charge in [-0.2, -0.15) is 0 Å². The number of ketones is 1. The Labute approximate surface area is 143 Å². The summed E-state index contributed by atoms with van der Waals surface area (Å²) in [6.07, 6.45) is 3.72. The molecule has 1 aromatic heterocycles. The van der Waals surface area contributed by atoms with Crippen LogP contribution in [-0.2, 0) is 20.0 Å². The summed E-state index contributed by atoms with van der Waals surface area (Å²) in [5.41, 5.74) is 3.80. The van der Waals surface area contributed by atoms with Gasteiger partial charge >= 0.3 is 0 Å². The van der Waals surface area contributed by atoms with Crippen molar-refractivity contribution in [2.24, 2.45) is 5.73 Å². The van der Waals surface area contributed by atoms with E-state index in [1.54, 1.807) is 36.4 Å². The zero-order chi connectivity index (χ0) is 18.0. The highest BCUT2D eigenvalue weighted by Gasteiger charge is 2.50. The number of anilines is 1. The monoisotopic (exact) mass is 340 g/mol. The first-order valence-corrected chi connectivity index (χ1v) is 7.58. The Morgan fingerprint density at radius 3 is 2.68 bits per heavy atom. The Balaban J connectivity index is 1.88. The third-order valence-electron chi connectivity index (χ3n) is 3.96. The fraction of sp³-hybridized carbons (Fsp3) is 0.167. The maximum atomic E-state index is 12.7. The zero-order valence-electron chi connectivity index (χ0n) is 13.2. The van der Waals surface area contributed by atoms with Gasteiger partial charge < -0.3 is 15.3 Å². The molecule has 1 atom stereocenters. The molecule has 0 aliphatic carbocycles. The average Bonchev–Trinajstić information content (AvgIpc) is 3.16. The van der Waals surface area contributed by atoms with Crippen molar-refractivity contribution in [3.05, 3.63) is 60.1 Å². The van der Waals surface area contributed by atoms with Gasteiger partial charge in [0.05, 0.1) is 18.4 Å². The predicted octanol–water partition coefficient (Wildman–Crippen LogP) is 0.972. The summed E-state index contributed by atoms with van der Waals surface area (Å²) >= 11 is 0. The number of carbonyl (C=O) groups is 3. The molecule has 3 N–H and O–H groups in total. The lowest BCUT2D eigenvalue weighted by molar-refractivity contribution is -0.141. The van der Waals surface area contributed by atoms with Crippen LogP contribution in [0.15, 0.2) is 53.2 Å². The number of allylic oxidation sites excluding steroid dienone is 1. The molecule has 0 radical (unpaired) electrons. The molecule has 0 saturated carbocycles. The van der Waals surface area contributed by atoms with Gasteiger partial charge in [0.25, 0.3) is 5.91 Å². The molecule has 0 fully saturated rings. The Bertz CT molecular complexity index is 856. The van der Waals surface area contributed by atoms with E-state index in [4.69, 9.17) is 10.2 Å². The van der Waals surface area contributed by atoms with Gasteiger partial charge in [-0.1, -0.05) is 18.2 Å². The Kier molecular flexibility index (Phi) is 4.24. The van der Waals surface area contributed by atoms with E-state index in [9.17, 15) is 19.5 Å². The number of hydrogen-bond donors (Lipinski definition) is 2. The fourth-order valence-electron chi connectivity index (χ4n) is 2.86. The van der Waals surface area contributed by atoms with Crippen LogP contribution in [0, 0.1) is 0 Å². The predicted molar refractivity (Wildman–Crippen MR) is 89.3 cm³/mol. The lowest BCUT2D eigenvalue weighted by Gasteiger charge is -2.21. The molecule has 2 heterocycles. The first kappa shape index (κ1) is 16.7. The number of aliphatic hydroxyl groups is 1. The second kappa shape index (κ2) is 6.37. The molecular weight excluding hydrogens is 324 g/mol. The van der Waals surface area contributed by atoms with Gasteiger partial charge in [-0.3, -0.25) is 19.3 Å². The van der Waals surface area contributed by atoms with Crippen LogP contribution in [0.4, 0.5) is 5.69 Å². The fourth-order valence-corrected chi connectivity index (χ4v) is 2.86. The summed E-state index contributed by atoms with van der Waals surface area (Å²) in [7, 11) is 0. The number of primary amides is 1. The Morgan fingerprint density at radius 2 is 2.00 bits per heavy atom. The largest absolute Gasteiger partial charge is 0.465 e. The number of benzene rings is 1. The van der Waals surface area contributed by atoms with Crippen LogP contribution in [0.3, 0.4) is 0 Å². The van der Waals surface area contributed by atoms with Gasteiger partial charge in [-0.05, 0) is 30.4 Å². The van der Waals surface area contributed by atoms with Crippen molar-refractivity contribution in [3.8, 4) is 0 Å². The molecule has 2 amide bonds. The van der Waals surface area contributed by atoms with E-state index in [2.05, 4.69) is 0 Å². The van der Waals surface area contributed by atoms with Crippen LogP contribution in [0.5, 0.6) is 0 Å². The van der Waals surface area contributed by atoms with E-state index in [1.165, 1.54) is 18.4 Å². The molecule has 3 rings (SSSR count). The minimum absolute atomic E-state index is 0.279. The van der Waals surface area contributed by atoms with Crippen LogP contribution in [0.2, 0.25) is 0 Å². The van der Waals surface area contributed by atoms with E-state index >= 15 is 0 Å². The van der Waals surface area contributed by atoms with Gasteiger partial charge in [0.2, 0.25) is 5.91 Å². The number of para-hydroxylation sites is 1. The quantitative estimate of drug-likeness (QED) is 0.761. The van der Waals surface area contributed by atoms with Crippen LogP contribution in [0.1, 0.15) is 17.7 Å². The normalized spacial score (nSPS) is 19.4. The summed E-state index contributed by atoms with van der Waals surface area (Å²) in [4.78, 5) is 37.2. The molecular formula is C18H16N2O5. The van der Waals surface area contributed by atoms with Crippen molar-refractivity contribution in [3.63, 3.8) is 0 Å². The van der Waals surface area contributed by atoms with Gasteiger partial charge in [-0.25, -0.2) is 0 Å². The maximum absolute atomic E-state index is 12.7.